The van der Waals surface area contributed by atoms with Crippen LogP contribution in [0.15, 0.2) is 47.3 Å². The number of anilines is 1. The van der Waals surface area contributed by atoms with Crippen molar-refractivity contribution in [3.63, 3.8) is 0 Å². The normalized spacial score (nSPS) is 10.8. The molecular formula is C18H14N4O2S2. The van der Waals surface area contributed by atoms with E-state index in [-0.39, 0.29) is 5.91 Å². The molecule has 3 aromatic heterocycles. The predicted molar refractivity (Wildman–Crippen MR) is 103 cm³/mol. The maximum atomic E-state index is 12.3. The average Bonchev–Trinajstić information content (AvgIpc) is 3.36. The van der Waals surface area contributed by atoms with Crippen molar-refractivity contribution in [2.24, 2.45) is 0 Å². The van der Waals surface area contributed by atoms with Crippen LogP contribution in [0.2, 0.25) is 0 Å². The van der Waals surface area contributed by atoms with Crippen molar-refractivity contribution in [2.45, 2.75) is 13.8 Å². The molecule has 3 heterocycles. The molecule has 0 aliphatic rings. The molecule has 0 saturated heterocycles. The van der Waals surface area contributed by atoms with Gasteiger partial charge in [-0.25, -0.2) is 4.98 Å². The van der Waals surface area contributed by atoms with E-state index >= 15 is 0 Å². The Morgan fingerprint density at radius 2 is 2.08 bits per heavy atom. The summed E-state index contributed by atoms with van der Waals surface area (Å²) < 4.78 is 9.19. The van der Waals surface area contributed by atoms with Gasteiger partial charge in [0.05, 0.1) is 16.9 Å². The van der Waals surface area contributed by atoms with Gasteiger partial charge in [0.15, 0.2) is 12.2 Å². The molecule has 1 aromatic carbocycles. The molecule has 0 aliphatic carbocycles. The van der Waals surface area contributed by atoms with Crippen LogP contribution in [0, 0.1) is 13.8 Å². The number of oxazole rings is 1. The van der Waals surface area contributed by atoms with Gasteiger partial charge in [-0.2, -0.15) is 0 Å². The van der Waals surface area contributed by atoms with E-state index in [4.69, 9.17) is 4.42 Å². The van der Waals surface area contributed by atoms with Crippen LogP contribution in [0.25, 0.3) is 21.8 Å². The molecule has 0 unspecified atom stereocenters. The fourth-order valence-electron chi connectivity index (χ4n) is 2.56. The topological polar surface area (TPSA) is 80.9 Å². The lowest BCUT2D eigenvalue weighted by Crippen LogP contribution is -2.10. The molecular weight excluding hydrogens is 368 g/mol. The standard InChI is InChI=1S/C18H14N4O2S2/c1-10-3-4-12(14-8-19-9-24-14)7-13(10)15-5-6-16(25-15)20-18(23)17-11(2)21-22-26-17/h3-9H,1-2H3,(H,20,23). The summed E-state index contributed by atoms with van der Waals surface area (Å²) in [5.41, 5.74) is 3.85. The van der Waals surface area contributed by atoms with Crippen molar-refractivity contribution in [1.29, 1.82) is 0 Å². The largest absolute Gasteiger partial charge is 0.444 e. The summed E-state index contributed by atoms with van der Waals surface area (Å²) in [6.45, 7) is 3.83. The molecule has 4 aromatic rings. The number of aryl methyl sites for hydroxylation is 2. The molecule has 1 N–H and O–H groups in total. The number of nitrogens with one attached hydrogen (secondary N) is 1. The van der Waals surface area contributed by atoms with Gasteiger partial charge < -0.3 is 9.73 Å². The lowest BCUT2D eigenvalue weighted by molar-refractivity contribution is 0.103. The van der Waals surface area contributed by atoms with E-state index in [0.717, 1.165) is 43.9 Å². The Morgan fingerprint density at radius 3 is 2.81 bits per heavy atom. The first kappa shape index (κ1) is 16.6. The van der Waals surface area contributed by atoms with Crippen molar-refractivity contribution in [3.05, 3.63) is 59.1 Å². The zero-order chi connectivity index (χ0) is 18.1. The average molecular weight is 382 g/mol. The van der Waals surface area contributed by atoms with Gasteiger partial charge in [0.2, 0.25) is 0 Å². The smallest absolute Gasteiger partial charge is 0.269 e. The first-order chi connectivity index (χ1) is 12.6. The Hall–Kier alpha value is -2.84. The first-order valence-electron chi connectivity index (χ1n) is 7.82. The number of benzene rings is 1. The van der Waals surface area contributed by atoms with Crippen LogP contribution in [0.5, 0.6) is 0 Å². The maximum Gasteiger partial charge on any atom is 0.269 e. The molecule has 26 heavy (non-hydrogen) atoms. The van der Waals surface area contributed by atoms with Crippen LogP contribution >= 0.6 is 22.9 Å². The van der Waals surface area contributed by atoms with Crippen molar-refractivity contribution in [1.82, 2.24) is 14.6 Å². The Morgan fingerprint density at radius 1 is 1.19 bits per heavy atom. The minimum Gasteiger partial charge on any atom is -0.444 e. The van der Waals surface area contributed by atoms with Gasteiger partial charge in [0, 0.05) is 10.4 Å². The second kappa shape index (κ2) is 6.81. The second-order valence-corrected chi connectivity index (χ2v) is 7.54. The van der Waals surface area contributed by atoms with Crippen molar-refractivity contribution in [2.75, 3.05) is 5.32 Å². The molecule has 0 spiro atoms. The van der Waals surface area contributed by atoms with E-state index in [1.54, 1.807) is 13.1 Å². The fourth-order valence-corrected chi connectivity index (χ4v) is 4.09. The van der Waals surface area contributed by atoms with Gasteiger partial charge in [0.1, 0.15) is 4.88 Å². The Kier molecular flexibility index (Phi) is 4.36. The quantitative estimate of drug-likeness (QED) is 0.549. The summed E-state index contributed by atoms with van der Waals surface area (Å²) in [5, 5.41) is 7.57. The van der Waals surface area contributed by atoms with Gasteiger partial charge in [-0.1, -0.05) is 16.6 Å². The van der Waals surface area contributed by atoms with Crippen LogP contribution in [0.3, 0.4) is 0 Å². The lowest BCUT2D eigenvalue weighted by Gasteiger charge is -2.06. The monoisotopic (exact) mass is 382 g/mol. The molecule has 6 nitrogen and oxygen atoms in total. The highest BCUT2D eigenvalue weighted by Gasteiger charge is 2.15. The Labute approximate surface area is 157 Å². The summed E-state index contributed by atoms with van der Waals surface area (Å²) >= 11 is 2.62. The van der Waals surface area contributed by atoms with Crippen molar-refractivity contribution < 1.29 is 9.21 Å². The molecule has 0 radical (unpaired) electrons. The fraction of sp³-hybridized carbons (Fsp3) is 0.111. The van der Waals surface area contributed by atoms with Gasteiger partial charge in [0.25, 0.3) is 5.91 Å². The second-order valence-electron chi connectivity index (χ2n) is 5.70. The van der Waals surface area contributed by atoms with Gasteiger partial charge in [-0.15, -0.1) is 16.4 Å². The van der Waals surface area contributed by atoms with Crippen LogP contribution in [0.4, 0.5) is 5.00 Å². The number of rotatable bonds is 4. The van der Waals surface area contributed by atoms with E-state index < -0.39 is 0 Å². The number of carbonyl (C=O) groups excluding carboxylic acids is 1. The molecule has 0 fully saturated rings. The Balaban J connectivity index is 1.61. The third-order valence-corrected chi connectivity index (χ3v) is 5.78. The summed E-state index contributed by atoms with van der Waals surface area (Å²) in [4.78, 5) is 17.9. The highest BCUT2D eigenvalue weighted by atomic mass is 32.1. The number of aromatic nitrogens is 3. The molecule has 0 bridgehead atoms. The number of carbonyl (C=O) groups is 1. The number of hydrogen-bond acceptors (Lipinski definition) is 7. The molecule has 1 amide bonds. The summed E-state index contributed by atoms with van der Waals surface area (Å²) in [5.74, 6) is 0.544. The van der Waals surface area contributed by atoms with E-state index in [1.807, 2.05) is 18.2 Å². The van der Waals surface area contributed by atoms with Crippen LogP contribution in [-0.4, -0.2) is 20.5 Å². The molecule has 0 saturated carbocycles. The highest BCUT2D eigenvalue weighted by molar-refractivity contribution is 7.19. The number of hydrogen-bond donors (Lipinski definition) is 1. The summed E-state index contributed by atoms with van der Waals surface area (Å²) in [6, 6.07) is 10.0. The van der Waals surface area contributed by atoms with Gasteiger partial charge in [-0.3, -0.25) is 4.79 Å². The van der Waals surface area contributed by atoms with Crippen LogP contribution in [0.1, 0.15) is 20.9 Å². The minimum absolute atomic E-state index is 0.182. The minimum atomic E-state index is -0.182. The lowest BCUT2D eigenvalue weighted by atomic mass is 10.0. The van der Waals surface area contributed by atoms with Crippen LogP contribution in [-0.2, 0) is 0 Å². The Bertz CT molecular complexity index is 1070. The van der Waals surface area contributed by atoms with E-state index in [0.29, 0.717) is 10.6 Å². The molecule has 8 heteroatoms. The predicted octanol–water partition coefficient (Wildman–Crippen LogP) is 4.79. The zero-order valence-electron chi connectivity index (χ0n) is 14.0. The van der Waals surface area contributed by atoms with Crippen LogP contribution < -0.4 is 5.32 Å². The van der Waals surface area contributed by atoms with Crippen molar-refractivity contribution in [3.8, 4) is 21.8 Å². The third kappa shape index (κ3) is 3.16. The number of amides is 1. The van der Waals surface area contributed by atoms with Gasteiger partial charge >= 0.3 is 0 Å². The molecule has 130 valence electrons. The zero-order valence-corrected chi connectivity index (χ0v) is 15.6. The van der Waals surface area contributed by atoms with E-state index in [1.165, 1.54) is 17.7 Å². The summed E-state index contributed by atoms with van der Waals surface area (Å²) in [6.07, 6.45) is 3.11. The maximum absolute atomic E-state index is 12.3. The molecule has 4 rings (SSSR count). The summed E-state index contributed by atoms with van der Waals surface area (Å²) in [7, 11) is 0. The van der Waals surface area contributed by atoms with Crippen molar-refractivity contribution >= 4 is 33.8 Å². The number of thiophene rings is 1. The number of nitrogens with zero attached hydrogens (tertiary/aromatic N) is 3. The van der Waals surface area contributed by atoms with E-state index in [9.17, 15) is 4.79 Å². The first-order valence-corrected chi connectivity index (χ1v) is 9.41. The van der Waals surface area contributed by atoms with E-state index in [2.05, 4.69) is 38.9 Å². The van der Waals surface area contributed by atoms with Gasteiger partial charge in [-0.05, 0) is 54.7 Å². The molecule has 0 aliphatic heterocycles. The molecule has 0 atom stereocenters. The highest BCUT2D eigenvalue weighted by Crippen LogP contribution is 2.36. The third-order valence-electron chi connectivity index (χ3n) is 3.92. The SMILES string of the molecule is Cc1ccc(-c2cnco2)cc1-c1ccc(NC(=O)c2snnc2C)s1.